The Labute approximate surface area is 336 Å². The van der Waals surface area contributed by atoms with Crippen LogP contribution < -0.4 is 20.6 Å². The largest absolute Gasteiger partial charge is 0.376 e. The topological polar surface area (TPSA) is 6.48 Å². The zero-order valence-corrected chi connectivity index (χ0v) is 35.0. The molecule has 4 heterocycles. The van der Waals surface area contributed by atoms with E-state index < -0.39 is 0 Å². The standard InChI is InChI=1S/C52H49BN2S/c1-30-16-14-17-31(2)45(30)33-27-36-34-19-15-21-38-48(34)55(41-22-12-11-20-37(41)52(38,8)9)53-46(36)43(28-33)54(49-47(53)35-18-10-13-23-44(35)56-49)42-29-40-39(26-32(42)3)50(4,5)24-25-51(40,6)7/h10-23,26-29H,24-25H2,1-9H3. The molecule has 1 aliphatic carbocycles. The van der Waals surface area contributed by atoms with Crippen molar-refractivity contribution >= 4 is 66.9 Å². The first kappa shape index (κ1) is 34.2. The molecule has 0 unspecified atom stereocenters. The lowest BCUT2D eigenvalue weighted by Gasteiger charge is -2.51. The van der Waals surface area contributed by atoms with Gasteiger partial charge in [-0.1, -0.05) is 120 Å². The third-order valence-corrected chi connectivity index (χ3v) is 15.5. The van der Waals surface area contributed by atoms with E-state index in [-0.39, 0.29) is 23.1 Å². The highest BCUT2D eigenvalue weighted by molar-refractivity contribution is 7.26. The van der Waals surface area contributed by atoms with E-state index in [0.717, 1.165) is 0 Å². The smallest absolute Gasteiger partial charge is 0.334 e. The van der Waals surface area contributed by atoms with Gasteiger partial charge >= 0.3 is 6.85 Å². The van der Waals surface area contributed by atoms with Crippen molar-refractivity contribution < 1.29 is 0 Å². The van der Waals surface area contributed by atoms with Gasteiger partial charge in [-0.05, 0) is 147 Å². The first-order valence-electron chi connectivity index (χ1n) is 20.5. The van der Waals surface area contributed by atoms with Crippen molar-refractivity contribution in [3.8, 4) is 22.3 Å². The summed E-state index contributed by atoms with van der Waals surface area (Å²) in [6, 6.07) is 42.5. The highest BCUT2D eigenvalue weighted by atomic mass is 32.1. The predicted molar refractivity (Wildman–Crippen MR) is 243 cm³/mol. The van der Waals surface area contributed by atoms with Crippen LogP contribution in [-0.4, -0.2) is 6.85 Å². The number of aryl methyl sites for hydroxylation is 3. The van der Waals surface area contributed by atoms with E-state index in [2.05, 4.69) is 181 Å². The van der Waals surface area contributed by atoms with Crippen molar-refractivity contribution in [3.05, 3.63) is 148 Å². The molecule has 4 aliphatic rings. The first-order chi connectivity index (χ1) is 26.8. The number of hydrogen-bond acceptors (Lipinski definition) is 3. The van der Waals surface area contributed by atoms with Crippen LogP contribution in [-0.2, 0) is 16.2 Å². The minimum absolute atomic E-state index is 0.00799. The third kappa shape index (κ3) is 4.40. The molecule has 0 amide bonds. The number of anilines is 5. The average molecular weight is 745 g/mol. The quantitative estimate of drug-likeness (QED) is 0.163. The van der Waals surface area contributed by atoms with Crippen molar-refractivity contribution in [1.29, 1.82) is 0 Å². The molecule has 0 fully saturated rings. The zero-order chi connectivity index (χ0) is 38.6. The van der Waals surface area contributed by atoms with Gasteiger partial charge in [0.05, 0.1) is 10.7 Å². The van der Waals surface area contributed by atoms with Crippen molar-refractivity contribution in [2.24, 2.45) is 0 Å². The Morgan fingerprint density at radius 1 is 0.554 bits per heavy atom. The van der Waals surface area contributed by atoms with Crippen LogP contribution in [0.1, 0.15) is 93.3 Å². The fraction of sp³-hybridized carbons (Fsp3) is 0.269. The van der Waals surface area contributed by atoms with Gasteiger partial charge in [-0.25, -0.2) is 0 Å². The number of thiophene rings is 1. The van der Waals surface area contributed by atoms with Gasteiger partial charge in [0.2, 0.25) is 0 Å². The van der Waals surface area contributed by atoms with Crippen LogP contribution in [0.4, 0.5) is 27.8 Å². The maximum atomic E-state index is 2.75. The maximum Gasteiger partial charge on any atom is 0.334 e. The Balaban J connectivity index is 1.32. The van der Waals surface area contributed by atoms with Gasteiger partial charge in [-0.2, -0.15) is 0 Å². The van der Waals surface area contributed by atoms with Crippen LogP contribution in [0.3, 0.4) is 0 Å². The summed E-state index contributed by atoms with van der Waals surface area (Å²) in [4.78, 5) is 5.45. The molecular weight excluding hydrogens is 695 g/mol. The van der Waals surface area contributed by atoms with E-state index in [1.165, 1.54) is 123 Å². The molecule has 2 nitrogen and oxygen atoms in total. The molecule has 4 heteroatoms. The summed E-state index contributed by atoms with van der Waals surface area (Å²) in [5.74, 6) is 0. The summed E-state index contributed by atoms with van der Waals surface area (Å²) in [5.41, 5.74) is 23.3. The summed E-state index contributed by atoms with van der Waals surface area (Å²) in [6.45, 7) is 21.6. The lowest BCUT2D eigenvalue weighted by atomic mass is 9.42. The monoisotopic (exact) mass is 744 g/mol. The molecule has 0 saturated heterocycles. The van der Waals surface area contributed by atoms with Crippen molar-refractivity contribution in [1.82, 2.24) is 0 Å². The van der Waals surface area contributed by atoms with E-state index in [4.69, 9.17) is 0 Å². The zero-order valence-electron chi connectivity index (χ0n) is 34.2. The van der Waals surface area contributed by atoms with E-state index in [1.807, 2.05) is 11.3 Å². The predicted octanol–water partition coefficient (Wildman–Crippen LogP) is 13.2. The Morgan fingerprint density at radius 3 is 1.98 bits per heavy atom. The van der Waals surface area contributed by atoms with E-state index in [0.29, 0.717) is 0 Å². The van der Waals surface area contributed by atoms with E-state index in [9.17, 15) is 0 Å². The lowest BCUT2D eigenvalue weighted by Crippen LogP contribution is -2.62. The molecule has 0 bridgehead atoms. The van der Waals surface area contributed by atoms with Gasteiger partial charge in [0.25, 0.3) is 0 Å². The normalized spacial score (nSPS) is 17.6. The number of rotatable bonds is 2. The minimum atomic E-state index is -0.149. The van der Waals surface area contributed by atoms with Crippen LogP contribution in [0, 0.1) is 20.8 Å². The minimum Gasteiger partial charge on any atom is -0.376 e. The Kier molecular flexibility index (Phi) is 6.90. The molecular formula is C52H49BN2S. The highest BCUT2D eigenvalue weighted by Crippen LogP contribution is 2.58. The van der Waals surface area contributed by atoms with Gasteiger partial charge in [0.15, 0.2) is 0 Å². The summed E-state index contributed by atoms with van der Waals surface area (Å²) < 4.78 is 1.34. The lowest BCUT2D eigenvalue weighted by molar-refractivity contribution is 0.332. The highest BCUT2D eigenvalue weighted by Gasteiger charge is 2.51. The number of fused-ring (bicyclic) bond motifs is 9. The molecule has 0 saturated carbocycles. The molecule has 1 aromatic heterocycles. The number of benzene rings is 6. The summed E-state index contributed by atoms with van der Waals surface area (Å²) in [7, 11) is 0. The van der Waals surface area contributed by atoms with E-state index in [1.54, 1.807) is 0 Å². The molecule has 7 aromatic rings. The van der Waals surface area contributed by atoms with Crippen molar-refractivity contribution in [2.75, 3.05) is 9.71 Å². The molecule has 276 valence electrons. The molecule has 0 radical (unpaired) electrons. The van der Waals surface area contributed by atoms with Crippen LogP contribution in [0.5, 0.6) is 0 Å². The first-order valence-corrected chi connectivity index (χ1v) is 21.3. The van der Waals surface area contributed by atoms with Gasteiger partial charge < -0.3 is 9.71 Å². The number of nitrogens with zero attached hydrogens (tertiary/aromatic N) is 2. The second-order valence-corrected chi connectivity index (χ2v) is 20.0. The molecule has 6 aromatic carbocycles. The summed E-state index contributed by atoms with van der Waals surface area (Å²) in [6.07, 6.45) is 2.39. The number of para-hydroxylation sites is 2. The van der Waals surface area contributed by atoms with Crippen LogP contribution in [0.25, 0.3) is 32.3 Å². The van der Waals surface area contributed by atoms with Gasteiger partial charge in [0, 0.05) is 32.7 Å². The summed E-state index contributed by atoms with van der Waals surface area (Å²) in [5, 5.41) is 2.70. The van der Waals surface area contributed by atoms with Crippen LogP contribution >= 0.6 is 11.3 Å². The molecule has 0 spiro atoms. The molecule has 0 atom stereocenters. The molecule has 0 N–H and O–H groups in total. The molecule has 3 aliphatic heterocycles. The fourth-order valence-corrected chi connectivity index (χ4v) is 12.5. The fourth-order valence-electron chi connectivity index (χ4n) is 11.2. The van der Waals surface area contributed by atoms with Crippen molar-refractivity contribution in [3.63, 3.8) is 0 Å². The third-order valence-electron chi connectivity index (χ3n) is 14.3. The Morgan fingerprint density at radius 2 is 1.21 bits per heavy atom. The summed E-state index contributed by atoms with van der Waals surface area (Å²) >= 11 is 1.97. The second-order valence-electron chi connectivity index (χ2n) is 18.9. The Bertz CT molecular complexity index is 2830. The number of hydrogen-bond donors (Lipinski definition) is 0. The van der Waals surface area contributed by atoms with Crippen LogP contribution in [0.15, 0.2) is 109 Å². The van der Waals surface area contributed by atoms with E-state index >= 15 is 0 Å². The SMILES string of the molecule is Cc1cc2c(cc1N1c3cc(-c4c(C)cccc4C)cc4c3B(c3c1sc1ccccc31)N1c3ccccc3C(C)(C)c3cccc-4c31)C(C)(C)CCC2(C)C. The van der Waals surface area contributed by atoms with Crippen molar-refractivity contribution in [2.45, 2.75) is 91.4 Å². The molecule has 11 rings (SSSR count). The Hall–Kier alpha value is -5.06. The maximum absolute atomic E-state index is 2.75. The molecule has 56 heavy (non-hydrogen) atoms. The van der Waals surface area contributed by atoms with Gasteiger partial charge in [0.1, 0.15) is 0 Å². The van der Waals surface area contributed by atoms with Crippen LogP contribution in [0.2, 0.25) is 0 Å². The van der Waals surface area contributed by atoms with Gasteiger partial charge in [-0.15, -0.1) is 11.3 Å². The second kappa shape index (κ2) is 11.3. The van der Waals surface area contributed by atoms with Gasteiger partial charge in [-0.3, -0.25) is 0 Å². The average Bonchev–Trinajstić information content (AvgIpc) is 3.55.